The van der Waals surface area contributed by atoms with Gasteiger partial charge in [-0.1, -0.05) is 29.3 Å². The molecule has 168 valence electrons. The summed E-state index contributed by atoms with van der Waals surface area (Å²) >= 11 is 6.50. The number of carbonyl (C=O) groups excluding carboxylic acids is 1. The summed E-state index contributed by atoms with van der Waals surface area (Å²) in [6.07, 6.45) is 2.39. The molecular formula is C24H32ClN3O3. The van der Waals surface area contributed by atoms with E-state index >= 15 is 0 Å². The summed E-state index contributed by atoms with van der Waals surface area (Å²) in [5.41, 5.74) is 2.82. The van der Waals surface area contributed by atoms with Crippen LogP contribution in [-0.4, -0.2) is 38.8 Å². The van der Waals surface area contributed by atoms with Crippen molar-refractivity contribution in [3.8, 4) is 11.5 Å². The van der Waals surface area contributed by atoms with Gasteiger partial charge in [-0.2, -0.15) is 0 Å². The van der Waals surface area contributed by atoms with E-state index in [0.717, 1.165) is 36.4 Å². The maximum atomic E-state index is 12.3. The Balaban J connectivity index is 1.56. The molecular weight excluding hydrogens is 414 g/mol. The number of anilines is 1. The number of rotatable bonds is 10. The fourth-order valence-electron chi connectivity index (χ4n) is 3.57. The highest BCUT2D eigenvalue weighted by Crippen LogP contribution is 2.34. The second kappa shape index (κ2) is 11.9. The number of aryl methyl sites for hydroxylation is 1. The number of nitrogens with one attached hydrogen (secondary N) is 3. The van der Waals surface area contributed by atoms with E-state index in [1.54, 1.807) is 6.07 Å². The lowest BCUT2D eigenvalue weighted by molar-refractivity contribution is -0.118. The second-order valence-electron chi connectivity index (χ2n) is 7.85. The van der Waals surface area contributed by atoms with Gasteiger partial charge in [-0.15, -0.1) is 0 Å². The third kappa shape index (κ3) is 7.42. The molecule has 0 atom stereocenters. The summed E-state index contributed by atoms with van der Waals surface area (Å²) in [5, 5.41) is 10.3. The summed E-state index contributed by atoms with van der Waals surface area (Å²) in [6.45, 7) is 8.09. The molecule has 0 unspecified atom stereocenters. The molecule has 7 heteroatoms. The smallest absolute Gasteiger partial charge is 0.262 e. The molecule has 1 aliphatic heterocycles. The van der Waals surface area contributed by atoms with E-state index in [4.69, 9.17) is 21.1 Å². The van der Waals surface area contributed by atoms with Gasteiger partial charge in [-0.3, -0.25) is 4.79 Å². The fraction of sp³-hybridized carbons (Fsp3) is 0.458. The lowest BCUT2D eigenvalue weighted by atomic mass is 9.98. The lowest BCUT2D eigenvalue weighted by Gasteiger charge is -2.23. The van der Waals surface area contributed by atoms with Gasteiger partial charge in [0.1, 0.15) is 0 Å². The van der Waals surface area contributed by atoms with Gasteiger partial charge < -0.3 is 25.4 Å². The predicted octanol–water partition coefficient (Wildman–Crippen LogP) is 4.15. The Labute approximate surface area is 189 Å². The molecule has 2 aromatic carbocycles. The van der Waals surface area contributed by atoms with Crippen molar-refractivity contribution in [1.82, 2.24) is 10.6 Å². The van der Waals surface area contributed by atoms with Gasteiger partial charge in [-0.05, 0) is 76.0 Å². The van der Waals surface area contributed by atoms with Crippen molar-refractivity contribution in [1.29, 1.82) is 0 Å². The first-order valence-corrected chi connectivity index (χ1v) is 11.3. The van der Waals surface area contributed by atoms with Crippen molar-refractivity contribution >= 4 is 23.2 Å². The zero-order valence-electron chi connectivity index (χ0n) is 18.3. The first kappa shape index (κ1) is 23.4. The monoisotopic (exact) mass is 445 g/mol. The quantitative estimate of drug-likeness (QED) is 0.512. The molecule has 6 nitrogen and oxygen atoms in total. The van der Waals surface area contributed by atoms with Crippen LogP contribution in [0.1, 0.15) is 30.9 Å². The van der Waals surface area contributed by atoms with Crippen molar-refractivity contribution in [2.45, 2.75) is 33.2 Å². The molecule has 0 bridgehead atoms. The molecule has 0 radical (unpaired) electrons. The van der Waals surface area contributed by atoms with Crippen molar-refractivity contribution in [2.75, 3.05) is 38.2 Å². The standard InChI is InChI=1S/C24H32ClN3O3/c1-3-30-22-12-19(15-27-14-18-8-10-26-11-9-18)21(25)13-23(22)31-16-24(29)28-20-6-4-17(2)5-7-20/h4-7,12-13,18,26-27H,3,8-11,14-16H2,1-2H3,(H,28,29). The largest absolute Gasteiger partial charge is 0.490 e. The third-order valence-corrected chi connectivity index (χ3v) is 5.67. The number of halogens is 1. The van der Waals surface area contributed by atoms with E-state index in [0.29, 0.717) is 35.6 Å². The van der Waals surface area contributed by atoms with Crippen LogP contribution < -0.4 is 25.4 Å². The minimum Gasteiger partial charge on any atom is -0.490 e. The van der Waals surface area contributed by atoms with E-state index < -0.39 is 0 Å². The molecule has 31 heavy (non-hydrogen) atoms. The van der Waals surface area contributed by atoms with Crippen LogP contribution in [-0.2, 0) is 11.3 Å². The Morgan fingerprint density at radius 3 is 2.55 bits per heavy atom. The zero-order chi connectivity index (χ0) is 22.1. The van der Waals surface area contributed by atoms with Gasteiger partial charge in [0.15, 0.2) is 18.1 Å². The predicted molar refractivity (Wildman–Crippen MR) is 125 cm³/mol. The molecule has 1 heterocycles. The van der Waals surface area contributed by atoms with Crippen molar-refractivity contribution in [3.05, 3.63) is 52.5 Å². The summed E-state index contributed by atoms with van der Waals surface area (Å²) in [5.74, 6) is 1.51. The van der Waals surface area contributed by atoms with E-state index in [-0.39, 0.29) is 12.5 Å². The van der Waals surface area contributed by atoms with Crippen LogP contribution in [0.3, 0.4) is 0 Å². The molecule has 2 aromatic rings. The van der Waals surface area contributed by atoms with Gasteiger partial charge in [-0.25, -0.2) is 0 Å². The van der Waals surface area contributed by atoms with Crippen LogP contribution in [0.5, 0.6) is 11.5 Å². The highest BCUT2D eigenvalue weighted by Gasteiger charge is 2.15. The van der Waals surface area contributed by atoms with Crippen LogP contribution in [0, 0.1) is 12.8 Å². The molecule has 0 aromatic heterocycles. The molecule has 3 rings (SSSR count). The SMILES string of the molecule is CCOc1cc(CNCC2CCNCC2)c(Cl)cc1OCC(=O)Nc1ccc(C)cc1. The number of piperidine rings is 1. The first-order valence-electron chi connectivity index (χ1n) is 10.9. The third-order valence-electron chi connectivity index (χ3n) is 5.31. The fourth-order valence-corrected chi connectivity index (χ4v) is 3.79. The van der Waals surface area contributed by atoms with Gasteiger partial charge >= 0.3 is 0 Å². The molecule has 3 N–H and O–H groups in total. The van der Waals surface area contributed by atoms with E-state index in [2.05, 4.69) is 16.0 Å². The van der Waals surface area contributed by atoms with Crippen LogP contribution >= 0.6 is 11.6 Å². The van der Waals surface area contributed by atoms with E-state index in [1.807, 2.05) is 44.2 Å². The van der Waals surface area contributed by atoms with Crippen LogP contribution in [0.25, 0.3) is 0 Å². The van der Waals surface area contributed by atoms with Crippen LogP contribution in [0.15, 0.2) is 36.4 Å². The minimum absolute atomic E-state index is 0.127. The van der Waals surface area contributed by atoms with E-state index in [9.17, 15) is 4.79 Å². The number of hydrogen-bond donors (Lipinski definition) is 3. The molecule has 0 aliphatic carbocycles. The molecule has 1 amide bonds. The summed E-state index contributed by atoms with van der Waals surface area (Å²) in [7, 11) is 0. The minimum atomic E-state index is -0.241. The second-order valence-corrected chi connectivity index (χ2v) is 8.26. The molecule has 0 saturated carbocycles. The van der Waals surface area contributed by atoms with Crippen molar-refractivity contribution in [3.63, 3.8) is 0 Å². The Hall–Kier alpha value is -2.28. The lowest BCUT2D eigenvalue weighted by Crippen LogP contribution is -2.33. The summed E-state index contributed by atoms with van der Waals surface area (Å²) in [4.78, 5) is 12.3. The maximum Gasteiger partial charge on any atom is 0.262 e. The van der Waals surface area contributed by atoms with Crippen LogP contribution in [0.2, 0.25) is 5.02 Å². The van der Waals surface area contributed by atoms with Crippen molar-refractivity contribution < 1.29 is 14.3 Å². The Kier molecular flexibility index (Phi) is 9.00. The number of ether oxygens (including phenoxy) is 2. The van der Waals surface area contributed by atoms with Gasteiger partial charge in [0.2, 0.25) is 0 Å². The number of amides is 1. The Morgan fingerprint density at radius 1 is 1.13 bits per heavy atom. The first-order chi connectivity index (χ1) is 15.0. The highest BCUT2D eigenvalue weighted by atomic mass is 35.5. The molecule has 0 spiro atoms. The van der Waals surface area contributed by atoms with E-state index in [1.165, 1.54) is 12.8 Å². The molecule has 1 fully saturated rings. The Bertz CT molecular complexity index is 852. The number of carbonyl (C=O) groups is 1. The summed E-state index contributed by atoms with van der Waals surface area (Å²) in [6, 6.07) is 11.2. The van der Waals surface area contributed by atoms with Crippen LogP contribution in [0.4, 0.5) is 5.69 Å². The number of benzene rings is 2. The average Bonchev–Trinajstić information content (AvgIpc) is 2.77. The average molecular weight is 446 g/mol. The summed E-state index contributed by atoms with van der Waals surface area (Å²) < 4.78 is 11.5. The number of hydrogen-bond acceptors (Lipinski definition) is 5. The normalized spacial score (nSPS) is 14.3. The molecule has 1 saturated heterocycles. The topological polar surface area (TPSA) is 71.6 Å². The van der Waals surface area contributed by atoms with Gasteiger partial charge in [0, 0.05) is 23.3 Å². The highest BCUT2D eigenvalue weighted by molar-refractivity contribution is 6.31. The molecule has 1 aliphatic rings. The van der Waals surface area contributed by atoms with Crippen molar-refractivity contribution in [2.24, 2.45) is 5.92 Å². The Morgan fingerprint density at radius 2 is 1.84 bits per heavy atom. The zero-order valence-corrected chi connectivity index (χ0v) is 19.1. The van der Waals surface area contributed by atoms with Gasteiger partial charge in [0.05, 0.1) is 6.61 Å². The van der Waals surface area contributed by atoms with Gasteiger partial charge in [0.25, 0.3) is 5.91 Å². The maximum absolute atomic E-state index is 12.3.